The summed E-state index contributed by atoms with van der Waals surface area (Å²) in [5.74, 6) is -1.48. The molecule has 0 amide bonds. The van der Waals surface area contributed by atoms with E-state index in [1.165, 1.54) is 4.31 Å². The monoisotopic (exact) mass is 551 g/mol. The molecule has 6 nitrogen and oxygen atoms in total. The van der Waals surface area contributed by atoms with Crippen LogP contribution in [0.3, 0.4) is 0 Å². The number of hydrogen-bond donors (Lipinski definition) is 1. The summed E-state index contributed by atoms with van der Waals surface area (Å²) in [5, 5.41) is 10.5. The standard InChI is InChI=1S/C32H41NO5S/c1-21(2)29(34)25(6)32(35)38-30(28-16-12-9-13-17-28)26(7)33(20-27-14-10-8-11-15-27)39(36,37)31-23(4)18-22(3)19-24(31)5/h8-19,21,25-26,29-30,34H,20H2,1-7H3/t25-,26-,29+,30-/m0/s1. The molecule has 0 saturated heterocycles. The predicted molar refractivity (Wildman–Crippen MR) is 155 cm³/mol. The quantitative estimate of drug-likeness (QED) is 0.290. The maximum Gasteiger partial charge on any atom is 0.311 e. The Kier molecular flexibility index (Phi) is 10.1. The minimum absolute atomic E-state index is 0.0994. The lowest BCUT2D eigenvalue weighted by atomic mass is 9.94. The largest absolute Gasteiger partial charge is 0.455 e. The second-order valence-electron chi connectivity index (χ2n) is 10.8. The van der Waals surface area contributed by atoms with Crippen molar-refractivity contribution in [1.29, 1.82) is 0 Å². The Hall–Kier alpha value is -3.00. The lowest BCUT2D eigenvalue weighted by Gasteiger charge is -2.35. The van der Waals surface area contributed by atoms with Crippen LogP contribution < -0.4 is 0 Å². The van der Waals surface area contributed by atoms with Gasteiger partial charge in [-0.3, -0.25) is 4.79 Å². The molecule has 3 aromatic rings. The fraction of sp³-hybridized carbons (Fsp3) is 0.406. The molecule has 0 radical (unpaired) electrons. The summed E-state index contributed by atoms with van der Waals surface area (Å²) < 4.78 is 36.3. The highest BCUT2D eigenvalue weighted by Gasteiger charge is 2.39. The first-order valence-electron chi connectivity index (χ1n) is 13.4. The number of aryl methyl sites for hydroxylation is 3. The van der Waals surface area contributed by atoms with E-state index in [1.54, 1.807) is 13.8 Å². The third-order valence-electron chi connectivity index (χ3n) is 7.18. The molecular formula is C32H41NO5S. The van der Waals surface area contributed by atoms with Gasteiger partial charge in [0, 0.05) is 6.54 Å². The number of hydrogen-bond acceptors (Lipinski definition) is 5. The van der Waals surface area contributed by atoms with E-state index in [-0.39, 0.29) is 17.4 Å². The van der Waals surface area contributed by atoms with Crippen molar-refractivity contribution >= 4 is 16.0 Å². The third-order valence-corrected chi connectivity index (χ3v) is 9.42. The molecule has 0 aliphatic rings. The van der Waals surface area contributed by atoms with E-state index in [4.69, 9.17) is 4.74 Å². The fourth-order valence-electron chi connectivity index (χ4n) is 5.09. The van der Waals surface area contributed by atoms with Crippen LogP contribution in [0.15, 0.2) is 77.7 Å². The number of esters is 1. The number of carbonyl (C=O) groups is 1. The summed E-state index contributed by atoms with van der Waals surface area (Å²) in [6.45, 7) is 12.7. The summed E-state index contributed by atoms with van der Waals surface area (Å²) in [6.07, 6.45) is -1.78. The van der Waals surface area contributed by atoms with Crippen molar-refractivity contribution in [2.45, 2.75) is 78.2 Å². The van der Waals surface area contributed by atoms with Gasteiger partial charge in [0.05, 0.1) is 23.0 Å². The molecule has 3 rings (SSSR count). The van der Waals surface area contributed by atoms with Gasteiger partial charge in [-0.25, -0.2) is 8.42 Å². The molecule has 1 N–H and O–H groups in total. The Morgan fingerprint density at radius 2 is 1.38 bits per heavy atom. The van der Waals surface area contributed by atoms with Crippen molar-refractivity contribution < 1.29 is 23.1 Å². The number of rotatable bonds is 11. The van der Waals surface area contributed by atoms with Gasteiger partial charge in [-0.15, -0.1) is 0 Å². The molecule has 0 saturated carbocycles. The zero-order chi connectivity index (χ0) is 28.9. The van der Waals surface area contributed by atoms with Gasteiger partial charge < -0.3 is 9.84 Å². The van der Waals surface area contributed by atoms with E-state index in [0.717, 1.165) is 11.1 Å². The number of aliphatic hydroxyl groups excluding tert-OH is 1. The lowest BCUT2D eigenvalue weighted by Crippen LogP contribution is -2.44. The van der Waals surface area contributed by atoms with Crippen LogP contribution in [0.5, 0.6) is 0 Å². The van der Waals surface area contributed by atoms with E-state index >= 15 is 0 Å². The van der Waals surface area contributed by atoms with Crippen LogP contribution in [0.2, 0.25) is 0 Å². The van der Waals surface area contributed by atoms with Crippen LogP contribution in [0, 0.1) is 32.6 Å². The Labute approximate surface area is 233 Å². The van der Waals surface area contributed by atoms with Gasteiger partial charge in [-0.1, -0.05) is 92.2 Å². The average molecular weight is 552 g/mol. The fourth-order valence-corrected chi connectivity index (χ4v) is 7.12. The van der Waals surface area contributed by atoms with Crippen molar-refractivity contribution in [3.8, 4) is 0 Å². The SMILES string of the molecule is Cc1cc(C)c(S(=O)(=O)N(Cc2ccccc2)[C@@H](C)[C@H](OC(=O)[C@@H](C)[C@H](O)C(C)C)c2ccccc2)c(C)c1. The van der Waals surface area contributed by atoms with Gasteiger partial charge in [-0.05, 0) is 62.8 Å². The number of nitrogens with zero attached hydrogens (tertiary/aromatic N) is 1. The molecule has 7 heteroatoms. The number of carbonyl (C=O) groups excluding carboxylic acids is 1. The van der Waals surface area contributed by atoms with Crippen molar-refractivity contribution in [1.82, 2.24) is 4.31 Å². The van der Waals surface area contributed by atoms with Crippen LogP contribution in [-0.2, 0) is 26.1 Å². The first kappa shape index (κ1) is 30.5. The zero-order valence-corrected chi connectivity index (χ0v) is 24.8. The van der Waals surface area contributed by atoms with Crippen LogP contribution >= 0.6 is 0 Å². The Balaban J connectivity index is 2.13. The van der Waals surface area contributed by atoms with Crippen LogP contribution in [0.25, 0.3) is 0 Å². The predicted octanol–water partition coefficient (Wildman–Crippen LogP) is 6.13. The molecular weight excluding hydrogens is 510 g/mol. The third kappa shape index (κ3) is 7.15. The Morgan fingerprint density at radius 3 is 1.90 bits per heavy atom. The molecule has 210 valence electrons. The average Bonchev–Trinajstić information content (AvgIpc) is 2.89. The van der Waals surface area contributed by atoms with Crippen molar-refractivity contribution in [3.63, 3.8) is 0 Å². The molecule has 4 atom stereocenters. The first-order valence-corrected chi connectivity index (χ1v) is 14.9. The zero-order valence-electron chi connectivity index (χ0n) is 24.0. The topological polar surface area (TPSA) is 83.9 Å². The number of ether oxygens (including phenoxy) is 1. The van der Waals surface area contributed by atoms with E-state index < -0.39 is 40.2 Å². The Morgan fingerprint density at radius 1 is 0.872 bits per heavy atom. The molecule has 0 heterocycles. The van der Waals surface area contributed by atoms with Crippen molar-refractivity contribution in [3.05, 3.63) is 101 Å². The highest BCUT2D eigenvalue weighted by Crippen LogP contribution is 2.34. The summed E-state index contributed by atoms with van der Waals surface area (Å²) in [4.78, 5) is 13.5. The highest BCUT2D eigenvalue weighted by atomic mass is 32.2. The molecule has 0 aromatic heterocycles. The van der Waals surface area contributed by atoms with Crippen molar-refractivity contribution in [2.24, 2.45) is 11.8 Å². The minimum atomic E-state index is -4.02. The highest BCUT2D eigenvalue weighted by molar-refractivity contribution is 7.89. The second kappa shape index (κ2) is 12.9. The molecule has 0 fully saturated rings. The van der Waals surface area contributed by atoms with Gasteiger partial charge >= 0.3 is 5.97 Å². The minimum Gasteiger partial charge on any atom is -0.455 e. The molecule has 0 bridgehead atoms. The second-order valence-corrected chi connectivity index (χ2v) is 12.6. The van der Waals surface area contributed by atoms with Crippen LogP contribution in [0.4, 0.5) is 0 Å². The maximum absolute atomic E-state index is 14.4. The van der Waals surface area contributed by atoms with Gasteiger partial charge in [-0.2, -0.15) is 4.31 Å². The van der Waals surface area contributed by atoms with Gasteiger partial charge in [0.15, 0.2) is 0 Å². The first-order chi connectivity index (χ1) is 18.3. The normalized spacial score (nSPS) is 15.1. The number of aliphatic hydroxyl groups is 1. The van der Waals surface area contributed by atoms with Gasteiger partial charge in [0.1, 0.15) is 6.10 Å². The summed E-state index contributed by atoms with van der Waals surface area (Å²) in [6, 6.07) is 21.6. The van der Waals surface area contributed by atoms with Gasteiger partial charge in [0.25, 0.3) is 0 Å². The van der Waals surface area contributed by atoms with Crippen LogP contribution in [-0.4, -0.2) is 35.9 Å². The molecule has 0 unspecified atom stereocenters. The number of benzene rings is 3. The van der Waals surface area contributed by atoms with Crippen LogP contribution in [0.1, 0.15) is 61.6 Å². The molecule has 0 spiro atoms. The summed E-state index contributed by atoms with van der Waals surface area (Å²) in [5.41, 5.74) is 3.81. The molecule has 39 heavy (non-hydrogen) atoms. The Bertz CT molecular complexity index is 1330. The van der Waals surface area contributed by atoms with E-state index in [0.29, 0.717) is 16.7 Å². The molecule has 3 aromatic carbocycles. The summed E-state index contributed by atoms with van der Waals surface area (Å²) in [7, 11) is -4.02. The maximum atomic E-state index is 14.4. The van der Waals surface area contributed by atoms with Gasteiger partial charge in [0.2, 0.25) is 10.0 Å². The molecule has 0 aliphatic carbocycles. The van der Waals surface area contributed by atoms with E-state index in [1.807, 2.05) is 107 Å². The smallest absolute Gasteiger partial charge is 0.311 e. The van der Waals surface area contributed by atoms with E-state index in [2.05, 4.69) is 0 Å². The lowest BCUT2D eigenvalue weighted by molar-refractivity contribution is -0.161. The van der Waals surface area contributed by atoms with E-state index in [9.17, 15) is 18.3 Å². The summed E-state index contributed by atoms with van der Waals surface area (Å²) >= 11 is 0. The molecule has 0 aliphatic heterocycles. The van der Waals surface area contributed by atoms with Crippen molar-refractivity contribution in [2.75, 3.05) is 0 Å². The number of sulfonamides is 1.